The summed E-state index contributed by atoms with van der Waals surface area (Å²) in [7, 11) is 1.63. The van der Waals surface area contributed by atoms with Crippen LogP contribution in [0.3, 0.4) is 0 Å². The van der Waals surface area contributed by atoms with E-state index < -0.39 is 0 Å². The van der Waals surface area contributed by atoms with E-state index in [4.69, 9.17) is 21.7 Å². The van der Waals surface area contributed by atoms with Gasteiger partial charge in [-0.05, 0) is 43.2 Å². The van der Waals surface area contributed by atoms with E-state index in [0.717, 1.165) is 22.4 Å². The molecule has 2 unspecified atom stereocenters. The first kappa shape index (κ1) is 19.7. The van der Waals surface area contributed by atoms with Crippen LogP contribution in [0.2, 0.25) is 0 Å². The Kier molecular flexibility index (Phi) is 5.48. The number of hydrogen-bond donors (Lipinski definition) is 0. The summed E-state index contributed by atoms with van der Waals surface area (Å²) in [5.74, 6) is 1.36. The molecule has 2 aromatic rings. The number of para-hydroxylation sites is 1. The Bertz CT molecular complexity index is 1030. The molecule has 0 radical (unpaired) electrons. The minimum absolute atomic E-state index is 0.0686. The smallest absolute Gasteiger partial charge is 0.266 e. The third-order valence-electron chi connectivity index (χ3n) is 5.11. The lowest BCUT2D eigenvalue weighted by molar-refractivity contribution is -0.123. The average Bonchev–Trinajstić information content (AvgIpc) is 3.01. The number of carbonyl (C=O) groups is 1. The second kappa shape index (κ2) is 8.05. The Morgan fingerprint density at radius 1 is 1.21 bits per heavy atom. The molecule has 0 aliphatic carbocycles. The van der Waals surface area contributed by atoms with Crippen LogP contribution in [-0.2, 0) is 4.79 Å². The second-order valence-electron chi connectivity index (χ2n) is 6.92. The molecule has 0 bridgehead atoms. The quantitative estimate of drug-likeness (QED) is 0.489. The molecule has 2 heterocycles. The van der Waals surface area contributed by atoms with Gasteiger partial charge in [-0.1, -0.05) is 66.4 Å². The number of thiocarbonyl (C=S) groups is 1. The molecule has 2 aliphatic rings. The van der Waals surface area contributed by atoms with E-state index >= 15 is 0 Å². The van der Waals surface area contributed by atoms with Gasteiger partial charge in [-0.3, -0.25) is 9.69 Å². The van der Waals surface area contributed by atoms with Gasteiger partial charge in [-0.25, -0.2) is 0 Å². The van der Waals surface area contributed by atoms with Gasteiger partial charge in [0.05, 0.1) is 18.1 Å². The molecule has 29 heavy (non-hydrogen) atoms. The number of methoxy groups -OCH3 is 1. The van der Waals surface area contributed by atoms with Crippen molar-refractivity contribution in [3.8, 4) is 11.5 Å². The van der Waals surface area contributed by atoms with E-state index in [1.165, 1.54) is 11.8 Å². The highest BCUT2D eigenvalue weighted by Crippen LogP contribution is 2.41. The maximum absolute atomic E-state index is 13.1. The zero-order valence-electron chi connectivity index (χ0n) is 16.4. The van der Waals surface area contributed by atoms with Crippen LogP contribution in [0.5, 0.6) is 11.5 Å². The van der Waals surface area contributed by atoms with Crippen LogP contribution in [0.1, 0.15) is 31.0 Å². The Morgan fingerprint density at radius 3 is 2.69 bits per heavy atom. The van der Waals surface area contributed by atoms with Gasteiger partial charge in [0.25, 0.3) is 5.91 Å². The molecular formula is C23H21NO3S2. The fourth-order valence-corrected chi connectivity index (χ4v) is 4.90. The molecule has 0 spiro atoms. The van der Waals surface area contributed by atoms with Crippen molar-refractivity contribution in [1.29, 1.82) is 0 Å². The van der Waals surface area contributed by atoms with E-state index in [1.807, 2.05) is 74.5 Å². The molecule has 148 valence electrons. The summed E-state index contributed by atoms with van der Waals surface area (Å²) in [4.78, 5) is 15.4. The van der Waals surface area contributed by atoms with Crippen LogP contribution >= 0.6 is 24.0 Å². The number of amides is 1. The number of benzene rings is 2. The van der Waals surface area contributed by atoms with E-state index in [0.29, 0.717) is 15.0 Å². The summed E-state index contributed by atoms with van der Waals surface area (Å²) in [6.07, 6.45) is 3.73. The van der Waals surface area contributed by atoms with Gasteiger partial charge in [0.2, 0.25) is 0 Å². The van der Waals surface area contributed by atoms with Crippen molar-refractivity contribution in [2.75, 3.05) is 7.11 Å². The van der Waals surface area contributed by atoms with Crippen LogP contribution in [0.15, 0.2) is 65.1 Å². The minimum Gasteiger partial charge on any atom is -0.493 e. The van der Waals surface area contributed by atoms with Gasteiger partial charge in [0.15, 0.2) is 11.5 Å². The lowest BCUT2D eigenvalue weighted by atomic mass is 10.0. The Labute approximate surface area is 180 Å². The first-order valence-electron chi connectivity index (χ1n) is 9.37. The van der Waals surface area contributed by atoms with E-state index in [-0.39, 0.29) is 18.1 Å². The van der Waals surface area contributed by atoms with Crippen LogP contribution in [0.4, 0.5) is 0 Å². The van der Waals surface area contributed by atoms with Crippen molar-refractivity contribution < 1.29 is 14.3 Å². The van der Waals surface area contributed by atoms with Crippen molar-refractivity contribution in [2.24, 2.45) is 0 Å². The fourth-order valence-electron chi connectivity index (χ4n) is 3.48. The summed E-state index contributed by atoms with van der Waals surface area (Å²) >= 11 is 6.86. The molecule has 4 nitrogen and oxygen atoms in total. The predicted molar refractivity (Wildman–Crippen MR) is 121 cm³/mol. The molecule has 4 rings (SSSR count). The topological polar surface area (TPSA) is 38.8 Å². The number of rotatable bonds is 4. The Hall–Kier alpha value is -2.57. The molecule has 2 aromatic carbocycles. The third kappa shape index (κ3) is 3.70. The second-order valence-corrected chi connectivity index (χ2v) is 8.60. The van der Waals surface area contributed by atoms with E-state index in [9.17, 15) is 4.79 Å². The lowest BCUT2D eigenvalue weighted by Gasteiger charge is -2.25. The number of fused-ring (bicyclic) bond motifs is 1. The van der Waals surface area contributed by atoms with Gasteiger partial charge in [0, 0.05) is 5.56 Å². The summed E-state index contributed by atoms with van der Waals surface area (Å²) < 4.78 is 12.0. The Balaban J connectivity index is 1.64. The zero-order chi connectivity index (χ0) is 20.5. The predicted octanol–water partition coefficient (Wildman–Crippen LogP) is 5.36. The highest BCUT2D eigenvalue weighted by atomic mass is 32.2. The van der Waals surface area contributed by atoms with Gasteiger partial charge in [-0.15, -0.1) is 0 Å². The van der Waals surface area contributed by atoms with Gasteiger partial charge < -0.3 is 9.47 Å². The van der Waals surface area contributed by atoms with Crippen molar-refractivity contribution >= 4 is 40.3 Å². The number of hydrogen-bond acceptors (Lipinski definition) is 5. The van der Waals surface area contributed by atoms with Crippen LogP contribution in [0, 0.1) is 0 Å². The summed E-state index contributed by atoms with van der Waals surface area (Å²) in [6, 6.07) is 15.6. The van der Waals surface area contributed by atoms with Gasteiger partial charge in [-0.2, -0.15) is 0 Å². The molecule has 2 atom stereocenters. The first-order chi connectivity index (χ1) is 14.0. The van der Waals surface area contributed by atoms with E-state index in [2.05, 4.69) is 0 Å². The molecular weight excluding hydrogens is 402 g/mol. The molecule has 6 heteroatoms. The molecule has 0 N–H and O–H groups in total. The van der Waals surface area contributed by atoms with Crippen molar-refractivity contribution in [3.63, 3.8) is 0 Å². The minimum atomic E-state index is -0.200. The molecule has 1 amide bonds. The Morgan fingerprint density at radius 2 is 1.97 bits per heavy atom. The van der Waals surface area contributed by atoms with Crippen LogP contribution < -0.4 is 9.47 Å². The molecule has 1 fully saturated rings. The van der Waals surface area contributed by atoms with Crippen molar-refractivity contribution in [1.82, 2.24) is 4.90 Å². The average molecular weight is 424 g/mol. The van der Waals surface area contributed by atoms with Crippen molar-refractivity contribution in [2.45, 2.75) is 26.0 Å². The number of thioether (sulfide) groups is 1. The lowest BCUT2D eigenvalue weighted by Crippen LogP contribution is -2.31. The zero-order valence-corrected chi connectivity index (χ0v) is 18.0. The van der Waals surface area contributed by atoms with Crippen LogP contribution in [-0.4, -0.2) is 28.3 Å². The van der Waals surface area contributed by atoms with E-state index in [1.54, 1.807) is 12.0 Å². The SMILES string of the molecule is COc1cccc2c1OC(C)C(/C=C1\SC(=S)N(C(C)c3ccccc3)C1=O)=C2. The molecule has 1 saturated heterocycles. The monoisotopic (exact) mass is 423 g/mol. The normalized spacial score (nSPS) is 20.9. The maximum atomic E-state index is 13.1. The maximum Gasteiger partial charge on any atom is 0.266 e. The third-order valence-corrected chi connectivity index (χ3v) is 6.44. The largest absolute Gasteiger partial charge is 0.493 e. The van der Waals surface area contributed by atoms with Crippen molar-refractivity contribution in [3.05, 3.63) is 76.2 Å². The number of ether oxygens (including phenoxy) is 2. The standard InChI is InChI=1S/C23H21NO3S2/c1-14(16-8-5-4-6-9-16)24-22(25)20(29-23(24)28)13-18-12-17-10-7-11-19(26-3)21(17)27-15(18)2/h4-15H,1-3H3/b20-13-. The highest BCUT2D eigenvalue weighted by molar-refractivity contribution is 8.26. The van der Waals surface area contributed by atoms with Crippen LogP contribution in [0.25, 0.3) is 6.08 Å². The summed E-state index contributed by atoms with van der Waals surface area (Å²) in [6.45, 7) is 3.96. The number of carbonyl (C=O) groups excluding carboxylic acids is 1. The van der Waals surface area contributed by atoms with Gasteiger partial charge >= 0.3 is 0 Å². The molecule has 0 aromatic heterocycles. The summed E-state index contributed by atoms with van der Waals surface area (Å²) in [5, 5.41) is 0. The first-order valence-corrected chi connectivity index (χ1v) is 10.6. The highest BCUT2D eigenvalue weighted by Gasteiger charge is 2.36. The summed E-state index contributed by atoms with van der Waals surface area (Å²) in [5.41, 5.74) is 2.92. The van der Waals surface area contributed by atoms with Gasteiger partial charge in [0.1, 0.15) is 10.4 Å². The molecule has 0 saturated carbocycles. The fraction of sp³-hybridized carbons (Fsp3) is 0.217. The number of nitrogens with zero attached hydrogens (tertiary/aromatic N) is 1. The molecule has 2 aliphatic heterocycles.